The first-order chi connectivity index (χ1) is 13.1. The summed E-state index contributed by atoms with van der Waals surface area (Å²) in [6.07, 6.45) is 0.444. The topological polar surface area (TPSA) is 58.6 Å². The number of carbonyl (C=O) groups excluding carboxylic acids is 2. The fourth-order valence-corrected chi connectivity index (χ4v) is 3.23. The molecular weight excluding hydrogens is 347 g/mol. The molecule has 1 aliphatic rings. The van der Waals surface area contributed by atoms with Crippen LogP contribution in [0.1, 0.15) is 16.8 Å². The summed E-state index contributed by atoms with van der Waals surface area (Å²) in [5.41, 5.74) is 2.24. The van der Waals surface area contributed by atoms with E-state index in [0.29, 0.717) is 38.2 Å². The fourth-order valence-electron chi connectivity index (χ4n) is 3.23. The molecule has 1 atom stereocenters. The van der Waals surface area contributed by atoms with Gasteiger partial charge in [0.05, 0.1) is 6.61 Å². The minimum Gasteiger partial charge on any atom is -0.383 e. The summed E-state index contributed by atoms with van der Waals surface area (Å²) >= 11 is 0. The number of carbonyl (C=O) groups is 2. The van der Waals surface area contributed by atoms with Crippen LogP contribution in [0.15, 0.2) is 48.5 Å². The fraction of sp³-hybridized carbons (Fsp3) is 0.333. The van der Waals surface area contributed by atoms with Crippen molar-refractivity contribution in [3.05, 3.63) is 59.9 Å². The second-order valence-corrected chi connectivity index (χ2v) is 6.70. The molecule has 1 heterocycles. The zero-order valence-electron chi connectivity index (χ0n) is 15.3. The van der Waals surface area contributed by atoms with Crippen LogP contribution < -0.4 is 5.32 Å². The van der Waals surface area contributed by atoms with Crippen molar-refractivity contribution in [2.75, 3.05) is 33.4 Å². The third-order valence-electron chi connectivity index (χ3n) is 4.71. The quantitative estimate of drug-likeness (QED) is 0.815. The molecule has 2 aromatic rings. The standard InChI is InChI=1S/C21H23FN2O3/c1-27-10-9-24-14-15(11-20(24)25)13-23-21(26)18-4-2-3-17(12-18)16-5-7-19(22)8-6-16/h2-8,12,15H,9-11,13-14H2,1H3,(H,23,26). The molecule has 1 unspecified atom stereocenters. The van der Waals surface area contributed by atoms with Crippen LogP contribution in [-0.4, -0.2) is 50.1 Å². The Kier molecular flexibility index (Phi) is 6.19. The van der Waals surface area contributed by atoms with Crippen molar-refractivity contribution in [2.45, 2.75) is 6.42 Å². The van der Waals surface area contributed by atoms with Crippen LogP contribution >= 0.6 is 0 Å². The van der Waals surface area contributed by atoms with Crippen molar-refractivity contribution < 1.29 is 18.7 Å². The van der Waals surface area contributed by atoms with E-state index in [1.807, 2.05) is 6.07 Å². The van der Waals surface area contributed by atoms with E-state index in [4.69, 9.17) is 4.74 Å². The van der Waals surface area contributed by atoms with E-state index in [-0.39, 0.29) is 23.5 Å². The summed E-state index contributed by atoms with van der Waals surface area (Å²) < 4.78 is 18.1. The Morgan fingerprint density at radius 2 is 2.00 bits per heavy atom. The highest BCUT2D eigenvalue weighted by Gasteiger charge is 2.29. The molecule has 6 heteroatoms. The zero-order chi connectivity index (χ0) is 19.2. The van der Waals surface area contributed by atoms with E-state index in [2.05, 4.69) is 5.32 Å². The van der Waals surface area contributed by atoms with Crippen LogP contribution in [0.5, 0.6) is 0 Å². The molecule has 3 rings (SSSR count). The first-order valence-electron chi connectivity index (χ1n) is 8.97. The Balaban J connectivity index is 1.58. The Hall–Kier alpha value is -2.73. The van der Waals surface area contributed by atoms with Crippen molar-refractivity contribution in [1.29, 1.82) is 0 Å². The molecule has 2 amide bonds. The number of ether oxygens (including phenoxy) is 1. The number of nitrogens with zero attached hydrogens (tertiary/aromatic N) is 1. The minimum absolute atomic E-state index is 0.101. The molecule has 5 nitrogen and oxygen atoms in total. The summed E-state index contributed by atoms with van der Waals surface area (Å²) in [5.74, 6) is -0.261. The van der Waals surface area contributed by atoms with Crippen LogP contribution in [0.3, 0.4) is 0 Å². The highest BCUT2D eigenvalue weighted by molar-refractivity contribution is 5.95. The summed E-state index contributed by atoms with van der Waals surface area (Å²) in [4.78, 5) is 26.2. The number of hydrogen-bond donors (Lipinski definition) is 1. The van der Waals surface area contributed by atoms with E-state index >= 15 is 0 Å². The van der Waals surface area contributed by atoms with E-state index in [9.17, 15) is 14.0 Å². The van der Waals surface area contributed by atoms with Gasteiger partial charge in [0.1, 0.15) is 5.82 Å². The molecule has 1 aliphatic heterocycles. The molecule has 1 saturated heterocycles. The highest BCUT2D eigenvalue weighted by Crippen LogP contribution is 2.21. The predicted octanol–water partition coefficient (Wildman–Crippen LogP) is 2.72. The van der Waals surface area contributed by atoms with Gasteiger partial charge in [-0.1, -0.05) is 24.3 Å². The SMILES string of the molecule is COCCN1CC(CNC(=O)c2cccc(-c3ccc(F)cc3)c2)CC1=O. The molecule has 27 heavy (non-hydrogen) atoms. The molecular formula is C21H23FN2O3. The maximum atomic E-state index is 13.1. The number of halogens is 1. The lowest BCUT2D eigenvalue weighted by Crippen LogP contribution is -2.32. The average molecular weight is 370 g/mol. The summed E-state index contributed by atoms with van der Waals surface area (Å²) in [6.45, 7) is 2.19. The van der Waals surface area contributed by atoms with Crippen molar-refractivity contribution in [3.8, 4) is 11.1 Å². The van der Waals surface area contributed by atoms with E-state index in [1.54, 1.807) is 42.3 Å². The number of hydrogen-bond acceptors (Lipinski definition) is 3. The molecule has 0 spiro atoms. The van der Waals surface area contributed by atoms with Crippen LogP contribution in [0.2, 0.25) is 0 Å². The van der Waals surface area contributed by atoms with Gasteiger partial charge >= 0.3 is 0 Å². The normalized spacial score (nSPS) is 16.6. The molecule has 0 radical (unpaired) electrons. The molecule has 0 aromatic heterocycles. The average Bonchev–Trinajstić information content (AvgIpc) is 3.04. The predicted molar refractivity (Wildman–Crippen MR) is 101 cm³/mol. The number of benzene rings is 2. The van der Waals surface area contributed by atoms with Gasteiger partial charge in [-0.25, -0.2) is 4.39 Å². The number of amides is 2. The Morgan fingerprint density at radius 3 is 2.74 bits per heavy atom. The van der Waals surface area contributed by atoms with Gasteiger partial charge in [-0.15, -0.1) is 0 Å². The lowest BCUT2D eigenvalue weighted by Gasteiger charge is -2.16. The van der Waals surface area contributed by atoms with Gasteiger partial charge in [-0.05, 0) is 35.4 Å². The third-order valence-corrected chi connectivity index (χ3v) is 4.71. The molecule has 142 valence electrons. The third kappa shape index (κ3) is 4.92. The molecule has 0 bridgehead atoms. The van der Waals surface area contributed by atoms with Crippen molar-refractivity contribution >= 4 is 11.8 Å². The summed E-state index contributed by atoms with van der Waals surface area (Å²) in [7, 11) is 1.61. The monoisotopic (exact) mass is 370 g/mol. The lowest BCUT2D eigenvalue weighted by atomic mass is 10.0. The maximum absolute atomic E-state index is 13.1. The van der Waals surface area contributed by atoms with Gasteiger partial charge in [-0.2, -0.15) is 0 Å². The van der Waals surface area contributed by atoms with E-state index < -0.39 is 0 Å². The molecule has 1 N–H and O–H groups in total. The van der Waals surface area contributed by atoms with Crippen molar-refractivity contribution in [1.82, 2.24) is 10.2 Å². The van der Waals surface area contributed by atoms with E-state index in [0.717, 1.165) is 11.1 Å². The van der Waals surface area contributed by atoms with Crippen LogP contribution in [-0.2, 0) is 9.53 Å². The first kappa shape index (κ1) is 19.0. The highest BCUT2D eigenvalue weighted by atomic mass is 19.1. The number of likely N-dealkylation sites (tertiary alicyclic amines) is 1. The van der Waals surface area contributed by atoms with Crippen LogP contribution in [0, 0.1) is 11.7 Å². The molecule has 2 aromatic carbocycles. The maximum Gasteiger partial charge on any atom is 0.251 e. The van der Waals surface area contributed by atoms with Crippen molar-refractivity contribution in [2.24, 2.45) is 5.92 Å². The number of rotatable bonds is 7. The Morgan fingerprint density at radius 1 is 1.22 bits per heavy atom. The minimum atomic E-state index is -0.293. The van der Waals surface area contributed by atoms with E-state index in [1.165, 1.54) is 12.1 Å². The molecule has 1 fully saturated rings. The molecule has 0 aliphatic carbocycles. The van der Waals surface area contributed by atoms with Crippen LogP contribution in [0.4, 0.5) is 4.39 Å². The zero-order valence-corrected chi connectivity index (χ0v) is 15.3. The first-order valence-corrected chi connectivity index (χ1v) is 8.97. The lowest BCUT2D eigenvalue weighted by molar-refractivity contribution is -0.128. The van der Waals surface area contributed by atoms with Gasteiger partial charge in [0.25, 0.3) is 5.91 Å². The Labute approximate surface area is 158 Å². The van der Waals surface area contributed by atoms with Crippen molar-refractivity contribution in [3.63, 3.8) is 0 Å². The largest absolute Gasteiger partial charge is 0.383 e. The number of methoxy groups -OCH3 is 1. The van der Waals surface area contributed by atoms with Crippen LogP contribution in [0.25, 0.3) is 11.1 Å². The second-order valence-electron chi connectivity index (χ2n) is 6.70. The second kappa shape index (κ2) is 8.77. The summed E-state index contributed by atoms with van der Waals surface area (Å²) in [5, 5.41) is 2.92. The van der Waals surface area contributed by atoms with Gasteiger partial charge in [-0.3, -0.25) is 9.59 Å². The number of nitrogens with one attached hydrogen (secondary N) is 1. The van der Waals surface area contributed by atoms with Gasteiger partial charge in [0, 0.05) is 44.6 Å². The van der Waals surface area contributed by atoms with Gasteiger partial charge < -0.3 is 15.0 Å². The smallest absolute Gasteiger partial charge is 0.251 e. The van der Waals surface area contributed by atoms with Gasteiger partial charge in [0.15, 0.2) is 0 Å². The van der Waals surface area contributed by atoms with Gasteiger partial charge in [0.2, 0.25) is 5.91 Å². The molecule has 0 saturated carbocycles. The Bertz CT molecular complexity index is 807. The summed E-state index contributed by atoms with van der Waals surface area (Å²) in [6, 6.07) is 13.4.